The van der Waals surface area contributed by atoms with Crippen LogP contribution in [0.15, 0.2) is 28.8 Å². The number of carbonyl (C=O) groups excluding carboxylic acids is 2. The topological polar surface area (TPSA) is 76.0 Å². The lowest BCUT2D eigenvalue weighted by atomic mass is 9.44. The predicted molar refractivity (Wildman–Crippen MR) is 126 cm³/mol. The molecule has 0 spiro atoms. The minimum Gasteiger partial charge on any atom is -0.450 e. The second-order valence-electron chi connectivity index (χ2n) is 10.9. The molecule has 1 N–H and O–H groups in total. The molecule has 4 aliphatic carbocycles. The molecule has 0 bridgehead atoms. The van der Waals surface area contributed by atoms with Gasteiger partial charge in [-0.05, 0) is 49.8 Å². The number of halogens is 3. The zero-order chi connectivity index (χ0) is 25.3. The molecule has 188 valence electrons. The summed E-state index contributed by atoms with van der Waals surface area (Å²) >= 11 is 6.01. The first-order valence-electron chi connectivity index (χ1n) is 12.1. The summed E-state index contributed by atoms with van der Waals surface area (Å²) in [4.78, 5) is 29.9. The molecule has 0 aromatic rings. The number of nitrogens with zero attached hydrogens (tertiary/aromatic N) is 1. The first-order chi connectivity index (χ1) is 15.9. The van der Waals surface area contributed by atoms with Gasteiger partial charge in [-0.25, -0.2) is 8.78 Å². The minimum atomic E-state index is -2.16. The fraction of sp³-hybridized carbons (Fsp3) is 0.731. The van der Waals surface area contributed by atoms with Crippen LogP contribution in [0.4, 0.5) is 8.78 Å². The van der Waals surface area contributed by atoms with Crippen LogP contribution < -0.4 is 0 Å². The lowest BCUT2D eigenvalue weighted by Gasteiger charge is -2.63. The SMILES string of the molecule is CCC(=O)O[C@]1(C(=O)CCl)[C@@H](C)C[C@H]2[C@@H]3C[C@H](F)C4=CC(=NC)C=C[C@]4(C)[C@@]3(F)[C@@H](O)C[C@@]21C. The molecule has 4 rings (SSSR count). The summed E-state index contributed by atoms with van der Waals surface area (Å²) in [5.74, 6) is -3.20. The van der Waals surface area contributed by atoms with Gasteiger partial charge in [0.2, 0.25) is 0 Å². The van der Waals surface area contributed by atoms with Gasteiger partial charge in [0.1, 0.15) is 6.17 Å². The second-order valence-corrected chi connectivity index (χ2v) is 11.1. The monoisotopic (exact) mass is 497 g/mol. The number of rotatable bonds is 4. The Morgan fingerprint density at radius 2 is 1.97 bits per heavy atom. The highest BCUT2D eigenvalue weighted by Gasteiger charge is 2.77. The molecule has 5 nitrogen and oxygen atoms in total. The maximum atomic E-state index is 17.4. The largest absolute Gasteiger partial charge is 0.450 e. The van der Waals surface area contributed by atoms with E-state index >= 15 is 8.78 Å². The van der Waals surface area contributed by atoms with E-state index in [2.05, 4.69) is 4.99 Å². The van der Waals surface area contributed by atoms with Crippen molar-refractivity contribution in [1.82, 2.24) is 0 Å². The summed E-state index contributed by atoms with van der Waals surface area (Å²) in [6.45, 7) is 6.85. The van der Waals surface area contributed by atoms with Gasteiger partial charge in [0.15, 0.2) is 17.1 Å². The first kappa shape index (κ1) is 25.5. The number of hydrogen-bond acceptors (Lipinski definition) is 5. The molecular weight excluding hydrogens is 464 g/mol. The van der Waals surface area contributed by atoms with E-state index in [1.807, 2.05) is 0 Å². The molecule has 3 saturated carbocycles. The molecule has 0 aromatic carbocycles. The minimum absolute atomic E-state index is 0.0642. The van der Waals surface area contributed by atoms with Crippen LogP contribution in [0.1, 0.15) is 53.4 Å². The molecule has 0 radical (unpaired) electrons. The molecule has 0 unspecified atom stereocenters. The lowest BCUT2D eigenvalue weighted by molar-refractivity contribution is -0.230. The quantitative estimate of drug-likeness (QED) is 0.456. The molecule has 0 aromatic heterocycles. The van der Waals surface area contributed by atoms with Crippen molar-refractivity contribution < 1.29 is 28.2 Å². The van der Waals surface area contributed by atoms with Crippen molar-refractivity contribution in [3.05, 3.63) is 23.8 Å². The van der Waals surface area contributed by atoms with Crippen LogP contribution >= 0.6 is 11.6 Å². The van der Waals surface area contributed by atoms with Crippen LogP contribution in [0.5, 0.6) is 0 Å². The molecule has 0 saturated heterocycles. The smallest absolute Gasteiger partial charge is 0.306 e. The van der Waals surface area contributed by atoms with Gasteiger partial charge in [-0.1, -0.05) is 26.8 Å². The molecule has 9 atom stereocenters. The van der Waals surface area contributed by atoms with Crippen LogP contribution in [0, 0.1) is 28.6 Å². The van der Waals surface area contributed by atoms with E-state index in [0.717, 1.165) is 0 Å². The molecule has 0 heterocycles. The fourth-order valence-electron chi connectivity index (χ4n) is 7.89. The highest BCUT2D eigenvalue weighted by atomic mass is 35.5. The van der Waals surface area contributed by atoms with Crippen molar-refractivity contribution >= 4 is 29.1 Å². The van der Waals surface area contributed by atoms with E-state index in [1.54, 1.807) is 53.0 Å². The van der Waals surface area contributed by atoms with E-state index in [4.69, 9.17) is 16.3 Å². The maximum Gasteiger partial charge on any atom is 0.306 e. The number of ether oxygens (including phenoxy) is 1. The zero-order valence-corrected chi connectivity index (χ0v) is 21.2. The highest BCUT2D eigenvalue weighted by Crippen LogP contribution is 2.71. The van der Waals surface area contributed by atoms with Gasteiger partial charge >= 0.3 is 5.97 Å². The van der Waals surface area contributed by atoms with E-state index in [0.29, 0.717) is 12.1 Å². The van der Waals surface area contributed by atoms with Crippen molar-refractivity contribution in [2.75, 3.05) is 12.9 Å². The van der Waals surface area contributed by atoms with Gasteiger partial charge < -0.3 is 9.84 Å². The Kier molecular flexibility index (Phi) is 6.17. The third-order valence-electron chi connectivity index (χ3n) is 9.54. The lowest BCUT2D eigenvalue weighted by Crippen LogP contribution is -2.71. The third-order valence-corrected chi connectivity index (χ3v) is 9.78. The Hall–Kier alpha value is -1.60. The summed E-state index contributed by atoms with van der Waals surface area (Å²) in [5, 5.41) is 11.5. The van der Waals surface area contributed by atoms with Crippen LogP contribution in [0.2, 0.25) is 0 Å². The van der Waals surface area contributed by atoms with E-state index in [9.17, 15) is 14.7 Å². The third kappa shape index (κ3) is 2.95. The summed E-state index contributed by atoms with van der Waals surface area (Å²) in [7, 11) is 1.59. The van der Waals surface area contributed by atoms with Gasteiger partial charge in [0.25, 0.3) is 0 Å². The second kappa shape index (κ2) is 8.22. The fourth-order valence-corrected chi connectivity index (χ4v) is 8.09. The first-order valence-corrected chi connectivity index (χ1v) is 12.6. The molecule has 0 aliphatic heterocycles. The maximum absolute atomic E-state index is 17.4. The van der Waals surface area contributed by atoms with E-state index in [1.165, 1.54) is 0 Å². The Morgan fingerprint density at radius 1 is 1.29 bits per heavy atom. The number of aliphatic hydroxyl groups is 1. The number of hydrogen-bond donors (Lipinski definition) is 1. The van der Waals surface area contributed by atoms with Crippen molar-refractivity contribution in [3.63, 3.8) is 0 Å². The number of esters is 1. The average molecular weight is 498 g/mol. The van der Waals surface area contributed by atoms with Crippen LogP contribution in [-0.4, -0.2) is 59.0 Å². The number of alkyl halides is 3. The van der Waals surface area contributed by atoms with Gasteiger partial charge in [0.05, 0.1) is 17.7 Å². The van der Waals surface area contributed by atoms with Crippen molar-refractivity contribution in [3.8, 4) is 0 Å². The zero-order valence-electron chi connectivity index (χ0n) is 20.4. The van der Waals surface area contributed by atoms with Gasteiger partial charge in [-0.2, -0.15) is 0 Å². The van der Waals surface area contributed by atoms with Gasteiger partial charge in [-0.15, -0.1) is 11.6 Å². The number of ketones is 1. The van der Waals surface area contributed by atoms with E-state index in [-0.39, 0.29) is 30.7 Å². The number of fused-ring (bicyclic) bond motifs is 5. The van der Waals surface area contributed by atoms with E-state index < -0.39 is 63.9 Å². The molecule has 0 amide bonds. The molecule has 4 aliphatic rings. The Labute approximate surface area is 204 Å². The number of aliphatic hydroxyl groups excluding tert-OH is 1. The van der Waals surface area contributed by atoms with Gasteiger partial charge in [0, 0.05) is 36.1 Å². The molecule has 3 fully saturated rings. The number of allylic oxidation sites excluding steroid dienone is 4. The molecule has 34 heavy (non-hydrogen) atoms. The Morgan fingerprint density at radius 3 is 2.56 bits per heavy atom. The summed E-state index contributed by atoms with van der Waals surface area (Å²) in [5.41, 5.74) is -5.37. The summed E-state index contributed by atoms with van der Waals surface area (Å²) < 4.78 is 39.0. The van der Waals surface area contributed by atoms with Crippen LogP contribution in [0.25, 0.3) is 0 Å². The van der Waals surface area contributed by atoms with Crippen LogP contribution in [-0.2, 0) is 14.3 Å². The Balaban J connectivity index is 1.87. The number of aliphatic imine (C=N–C) groups is 1. The van der Waals surface area contributed by atoms with Crippen LogP contribution in [0.3, 0.4) is 0 Å². The van der Waals surface area contributed by atoms with Crippen molar-refractivity contribution in [2.45, 2.75) is 76.9 Å². The van der Waals surface area contributed by atoms with Gasteiger partial charge in [-0.3, -0.25) is 14.6 Å². The average Bonchev–Trinajstić information content (AvgIpc) is 3.02. The highest BCUT2D eigenvalue weighted by molar-refractivity contribution is 6.29. The number of Topliss-reactive ketones (excluding diaryl/α,β-unsaturated/α-hetero) is 1. The normalized spacial score (nSPS) is 48.6. The summed E-state index contributed by atoms with van der Waals surface area (Å²) in [6.07, 6.45) is 2.16. The summed E-state index contributed by atoms with van der Waals surface area (Å²) in [6, 6.07) is 0. The molecule has 8 heteroatoms. The van der Waals surface area contributed by atoms with Crippen molar-refractivity contribution in [1.29, 1.82) is 0 Å². The molecular formula is C26H34ClF2NO4. The predicted octanol–water partition coefficient (Wildman–Crippen LogP) is 4.55. The number of carbonyl (C=O) groups is 2. The Bertz CT molecular complexity index is 997. The van der Waals surface area contributed by atoms with Crippen molar-refractivity contribution in [2.24, 2.45) is 33.6 Å². The standard InChI is InChI=1S/C26H34ClF2NO4/c1-6-22(33)34-26(21(32)13-27)14(2)9-16-17-11-19(28)18-10-15(30-5)7-8-23(18,3)25(17,29)20(31)12-24(16,26)4/h7-8,10,14,16-17,19-20,31H,6,9,11-13H2,1-5H3/t14-,16-,17-,19-,20-,23-,24-,25-,26-/m0/s1.